The zero-order valence-corrected chi connectivity index (χ0v) is 32.9. The van der Waals surface area contributed by atoms with Crippen molar-refractivity contribution >= 4 is 60.8 Å². The molecule has 0 radical (unpaired) electrons. The highest BCUT2D eigenvalue weighted by Crippen LogP contribution is 2.49. The Hall–Kier alpha value is -7.62. The summed E-state index contributed by atoms with van der Waals surface area (Å²) in [5.74, 6) is 0. The summed E-state index contributed by atoms with van der Waals surface area (Å²) in [7, 11) is 0. The fourth-order valence-electron chi connectivity index (χ4n) is 9.08. The number of aromatic nitrogens is 1. The van der Waals surface area contributed by atoms with E-state index < -0.39 is 0 Å². The van der Waals surface area contributed by atoms with Gasteiger partial charge in [-0.1, -0.05) is 146 Å². The molecule has 3 heteroatoms. The summed E-state index contributed by atoms with van der Waals surface area (Å²) in [6.07, 6.45) is 0. The fraction of sp³-hybridized carbons (Fsp3) is 0.0357. The quantitative estimate of drug-likeness (QED) is 0.161. The highest BCUT2D eigenvalue weighted by atomic mass is 16.3. The molecule has 2 aromatic heterocycles. The molecule has 0 fully saturated rings. The van der Waals surface area contributed by atoms with Crippen LogP contribution in [0.25, 0.3) is 82.8 Å². The summed E-state index contributed by atoms with van der Waals surface area (Å²) >= 11 is 0. The van der Waals surface area contributed by atoms with Crippen LogP contribution in [0.2, 0.25) is 0 Å². The molecule has 0 atom stereocenters. The maximum absolute atomic E-state index is 6.84. The third-order valence-electron chi connectivity index (χ3n) is 11.8. The molecule has 0 saturated carbocycles. The summed E-state index contributed by atoms with van der Waals surface area (Å²) < 4.78 is 9.22. The molecule has 0 amide bonds. The van der Waals surface area contributed by atoms with E-state index in [2.05, 4.69) is 230 Å². The van der Waals surface area contributed by atoms with E-state index in [0.29, 0.717) is 0 Å². The van der Waals surface area contributed by atoms with Gasteiger partial charge < -0.3 is 13.9 Å². The highest BCUT2D eigenvalue weighted by Gasteiger charge is 2.25. The Morgan fingerprint density at radius 3 is 1.75 bits per heavy atom. The van der Waals surface area contributed by atoms with E-state index in [1.54, 1.807) is 0 Å². The molecule has 0 aliphatic heterocycles. The van der Waals surface area contributed by atoms with Gasteiger partial charge in [-0.15, -0.1) is 0 Å². The molecule has 0 spiro atoms. The van der Waals surface area contributed by atoms with E-state index >= 15 is 0 Å². The van der Waals surface area contributed by atoms with Crippen LogP contribution in [0.1, 0.15) is 11.1 Å². The zero-order chi connectivity index (χ0) is 39.5. The Bertz CT molecular complexity index is 3300. The second kappa shape index (κ2) is 14.1. The number of aryl methyl sites for hydroxylation is 2. The van der Waals surface area contributed by atoms with Gasteiger partial charge in [0.05, 0.1) is 16.7 Å². The molecular formula is C56H40N2O. The zero-order valence-electron chi connectivity index (χ0n) is 32.9. The van der Waals surface area contributed by atoms with Crippen molar-refractivity contribution in [2.45, 2.75) is 13.8 Å². The van der Waals surface area contributed by atoms with Gasteiger partial charge in [-0.25, -0.2) is 0 Å². The van der Waals surface area contributed by atoms with Crippen molar-refractivity contribution < 1.29 is 4.42 Å². The van der Waals surface area contributed by atoms with Crippen molar-refractivity contribution in [3.05, 3.63) is 217 Å². The number of furan rings is 1. The number of fused-ring (bicyclic) bond motifs is 6. The molecule has 0 saturated heterocycles. The first-order chi connectivity index (χ1) is 29.1. The molecule has 0 N–H and O–H groups in total. The summed E-state index contributed by atoms with van der Waals surface area (Å²) in [6, 6.07) is 74.3. The Labute approximate surface area is 343 Å². The molecule has 0 unspecified atom stereocenters. The Kier molecular flexibility index (Phi) is 8.27. The first-order valence-corrected chi connectivity index (χ1v) is 20.3. The average molecular weight is 757 g/mol. The third kappa shape index (κ3) is 5.82. The number of hydrogen-bond donors (Lipinski definition) is 0. The number of rotatable bonds is 7. The molecule has 0 bridgehead atoms. The molecular weight excluding hydrogens is 717 g/mol. The lowest BCUT2D eigenvalue weighted by molar-refractivity contribution is 0.670. The maximum atomic E-state index is 6.84. The molecule has 2 heterocycles. The Balaban J connectivity index is 1.20. The summed E-state index contributed by atoms with van der Waals surface area (Å²) in [5, 5.41) is 4.65. The van der Waals surface area contributed by atoms with Crippen LogP contribution in [0.3, 0.4) is 0 Å². The van der Waals surface area contributed by atoms with Crippen molar-refractivity contribution in [3.8, 4) is 39.1 Å². The molecule has 280 valence electrons. The van der Waals surface area contributed by atoms with Gasteiger partial charge in [-0.2, -0.15) is 0 Å². The lowest BCUT2D eigenvalue weighted by atomic mass is 9.92. The van der Waals surface area contributed by atoms with E-state index in [1.807, 2.05) is 0 Å². The van der Waals surface area contributed by atoms with Gasteiger partial charge in [-0.05, 0) is 108 Å². The van der Waals surface area contributed by atoms with Crippen LogP contribution in [0.15, 0.2) is 211 Å². The summed E-state index contributed by atoms with van der Waals surface area (Å²) in [6.45, 7) is 4.46. The second-order valence-corrected chi connectivity index (χ2v) is 15.4. The van der Waals surface area contributed by atoms with Crippen LogP contribution in [-0.4, -0.2) is 4.57 Å². The molecule has 11 rings (SSSR count). The minimum atomic E-state index is 0.871. The van der Waals surface area contributed by atoms with Gasteiger partial charge in [0.25, 0.3) is 0 Å². The Morgan fingerprint density at radius 2 is 1.02 bits per heavy atom. The van der Waals surface area contributed by atoms with Crippen molar-refractivity contribution in [1.29, 1.82) is 0 Å². The van der Waals surface area contributed by atoms with Crippen molar-refractivity contribution in [2.75, 3.05) is 4.90 Å². The molecule has 9 aromatic carbocycles. The van der Waals surface area contributed by atoms with Gasteiger partial charge >= 0.3 is 0 Å². The van der Waals surface area contributed by atoms with Crippen LogP contribution in [0, 0.1) is 13.8 Å². The van der Waals surface area contributed by atoms with Crippen molar-refractivity contribution in [2.24, 2.45) is 0 Å². The number of nitrogens with zero attached hydrogens (tertiary/aromatic N) is 2. The second-order valence-electron chi connectivity index (χ2n) is 15.4. The number of para-hydroxylation sites is 4. The largest absolute Gasteiger partial charge is 0.455 e. The maximum Gasteiger partial charge on any atom is 0.143 e. The number of benzene rings is 9. The number of hydrogen-bond acceptors (Lipinski definition) is 2. The first-order valence-electron chi connectivity index (χ1n) is 20.3. The van der Waals surface area contributed by atoms with E-state index in [-0.39, 0.29) is 0 Å². The van der Waals surface area contributed by atoms with Crippen LogP contribution >= 0.6 is 0 Å². The molecule has 0 aliphatic rings. The fourth-order valence-corrected chi connectivity index (χ4v) is 9.08. The van der Waals surface area contributed by atoms with E-state index in [4.69, 9.17) is 4.42 Å². The van der Waals surface area contributed by atoms with Crippen LogP contribution in [0.4, 0.5) is 17.1 Å². The van der Waals surface area contributed by atoms with Gasteiger partial charge in [0.2, 0.25) is 0 Å². The molecule has 59 heavy (non-hydrogen) atoms. The minimum absolute atomic E-state index is 0.871. The van der Waals surface area contributed by atoms with Gasteiger partial charge in [0.15, 0.2) is 0 Å². The van der Waals surface area contributed by atoms with Crippen LogP contribution in [0.5, 0.6) is 0 Å². The standard InChI is InChI=1S/C56H40N2O/c1-37-18-9-13-28-51(37)58(55-38(2)32-42(39-19-5-3-6-20-39)34-48(55)40-21-7-4-8-22-40)44-35-49(56-50(36-44)47-27-12-16-31-54(47)59-56)41-23-17-24-43(33-41)57-52-29-14-10-25-45(52)46-26-11-15-30-53(46)57/h3-36H,1-2H3. The van der Waals surface area contributed by atoms with E-state index in [9.17, 15) is 0 Å². The van der Waals surface area contributed by atoms with Gasteiger partial charge in [-0.3, -0.25) is 0 Å². The predicted molar refractivity (Wildman–Crippen MR) is 249 cm³/mol. The van der Waals surface area contributed by atoms with E-state index in [1.165, 1.54) is 49.6 Å². The number of anilines is 3. The molecule has 11 aromatic rings. The normalized spacial score (nSPS) is 11.6. The van der Waals surface area contributed by atoms with Crippen molar-refractivity contribution in [1.82, 2.24) is 4.57 Å². The van der Waals surface area contributed by atoms with Gasteiger partial charge in [0, 0.05) is 49.7 Å². The van der Waals surface area contributed by atoms with Crippen molar-refractivity contribution in [3.63, 3.8) is 0 Å². The molecule has 0 aliphatic carbocycles. The average Bonchev–Trinajstić information content (AvgIpc) is 3.84. The lowest BCUT2D eigenvalue weighted by Crippen LogP contribution is -2.14. The smallest absolute Gasteiger partial charge is 0.143 e. The van der Waals surface area contributed by atoms with Gasteiger partial charge in [0.1, 0.15) is 11.2 Å². The third-order valence-corrected chi connectivity index (χ3v) is 11.8. The summed E-state index contributed by atoms with van der Waals surface area (Å²) in [4.78, 5) is 2.48. The Morgan fingerprint density at radius 1 is 0.407 bits per heavy atom. The minimum Gasteiger partial charge on any atom is -0.455 e. The van der Waals surface area contributed by atoms with Crippen LogP contribution in [-0.2, 0) is 0 Å². The van der Waals surface area contributed by atoms with E-state index in [0.717, 1.165) is 61.4 Å². The lowest BCUT2D eigenvalue weighted by Gasteiger charge is -2.31. The molecule has 3 nitrogen and oxygen atoms in total. The monoisotopic (exact) mass is 756 g/mol. The van der Waals surface area contributed by atoms with Crippen LogP contribution < -0.4 is 4.90 Å². The SMILES string of the molecule is Cc1ccccc1N(c1cc(-c2cccc(-n3c4ccccc4c4ccccc43)c2)c2oc3ccccc3c2c1)c1c(C)cc(-c2ccccc2)cc1-c1ccccc1. The summed E-state index contributed by atoms with van der Waals surface area (Å²) in [5.41, 5.74) is 17.7. The topological polar surface area (TPSA) is 21.3 Å². The highest BCUT2D eigenvalue weighted by molar-refractivity contribution is 6.13. The predicted octanol–water partition coefficient (Wildman–Crippen LogP) is 15.8. The first kappa shape index (κ1) is 34.6.